The molecular weight excluding hydrogens is 396 g/mol. The minimum absolute atomic E-state index is 0.0222. The molecule has 31 heavy (non-hydrogen) atoms. The lowest BCUT2D eigenvalue weighted by molar-refractivity contribution is -0.128. The van der Waals surface area contributed by atoms with Gasteiger partial charge in [-0.1, -0.05) is 12.5 Å². The molecule has 3 atom stereocenters. The molecule has 2 fully saturated rings. The fraction of sp³-hybridized carbons (Fsp3) is 0.696. The van der Waals surface area contributed by atoms with Gasteiger partial charge in [0, 0.05) is 31.9 Å². The fourth-order valence-electron chi connectivity index (χ4n) is 4.36. The van der Waals surface area contributed by atoms with Gasteiger partial charge in [-0.05, 0) is 56.8 Å². The van der Waals surface area contributed by atoms with E-state index in [2.05, 4.69) is 20.5 Å². The van der Waals surface area contributed by atoms with E-state index in [0.29, 0.717) is 19.4 Å². The van der Waals surface area contributed by atoms with Gasteiger partial charge in [-0.3, -0.25) is 14.6 Å². The summed E-state index contributed by atoms with van der Waals surface area (Å²) < 4.78 is 6.00. The zero-order valence-corrected chi connectivity index (χ0v) is 18.3. The molecule has 3 N–H and O–H groups in total. The summed E-state index contributed by atoms with van der Waals surface area (Å²) in [5.41, 5.74) is 0.853. The van der Waals surface area contributed by atoms with Crippen LogP contribution in [0.15, 0.2) is 24.5 Å². The number of carbonyl (C=O) groups excluding carboxylic acids is 2. The quantitative estimate of drug-likeness (QED) is 0.510. The molecule has 2 saturated heterocycles. The number of hydrogen-bond donors (Lipinski definition) is 3. The molecule has 2 aliphatic heterocycles. The number of ether oxygens (including phenoxy) is 1. The molecular formula is C23H36N4O4. The zero-order chi connectivity index (χ0) is 21.9. The largest absolute Gasteiger partial charge is 0.394 e. The Labute approximate surface area is 184 Å². The van der Waals surface area contributed by atoms with Gasteiger partial charge in [-0.2, -0.15) is 0 Å². The molecule has 172 valence electrons. The van der Waals surface area contributed by atoms with Crippen LogP contribution in [-0.2, 0) is 20.7 Å². The smallest absolute Gasteiger partial charge is 0.224 e. The Hall–Kier alpha value is -2.03. The molecule has 3 rings (SSSR count). The maximum atomic E-state index is 12.3. The molecule has 8 heteroatoms. The summed E-state index contributed by atoms with van der Waals surface area (Å²) in [7, 11) is 0. The van der Waals surface area contributed by atoms with Crippen LogP contribution in [0.1, 0.15) is 50.5 Å². The summed E-state index contributed by atoms with van der Waals surface area (Å²) >= 11 is 0. The third-order valence-electron chi connectivity index (χ3n) is 6.12. The highest BCUT2D eigenvalue weighted by atomic mass is 16.5. The molecule has 8 nitrogen and oxygen atoms in total. The number of hydrogen-bond acceptors (Lipinski definition) is 6. The molecule has 1 aromatic rings. The highest BCUT2D eigenvalue weighted by Crippen LogP contribution is 2.22. The zero-order valence-electron chi connectivity index (χ0n) is 18.3. The Kier molecular flexibility index (Phi) is 9.71. The molecule has 1 aromatic heterocycles. The maximum absolute atomic E-state index is 12.3. The first kappa shape index (κ1) is 23.6. The minimum atomic E-state index is -0.425. The highest BCUT2D eigenvalue weighted by molar-refractivity contribution is 5.78. The molecule has 3 heterocycles. The van der Waals surface area contributed by atoms with Crippen molar-refractivity contribution >= 4 is 11.8 Å². The van der Waals surface area contributed by atoms with Gasteiger partial charge in [0.05, 0.1) is 25.2 Å². The maximum Gasteiger partial charge on any atom is 0.224 e. The number of likely N-dealkylation sites (tertiary alicyclic amines) is 1. The molecule has 0 bridgehead atoms. The van der Waals surface area contributed by atoms with Crippen molar-refractivity contribution in [2.75, 3.05) is 32.8 Å². The first-order valence-electron chi connectivity index (χ1n) is 11.6. The summed E-state index contributed by atoms with van der Waals surface area (Å²) in [6, 6.07) is 3.47. The predicted octanol–water partition coefficient (Wildman–Crippen LogP) is 1.03. The Morgan fingerprint density at radius 1 is 1.19 bits per heavy atom. The molecule has 0 unspecified atom stereocenters. The van der Waals surface area contributed by atoms with Gasteiger partial charge in [0.2, 0.25) is 11.8 Å². The SMILES string of the molecule is O=C(CCN1CCCCC1)NCC[C@H]1CC[C@@H](NC(=O)Cc2cccnc2)[C@H](CO)O1. The van der Waals surface area contributed by atoms with E-state index in [-0.39, 0.29) is 37.0 Å². The van der Waals surface area contributed by atoms with Crippen molar-refractivity contribution in [3.8, 4) is 0 Å². The molecule has 0 spiro atoms. The Morgan fingerprint density at radius 2 is 2.03 bits per heavy atom. The number of amides is 2. The topological polar surface area (TPSA) is 104 Å². The number of aliphatic hydroxyl groups is 1. The summed E-state index contributed by atoms with van der Waals surface area (Å²) in [6.07, 6.45) is 9.72. The Balaban J connectivity index is 1.32. The number of pyridine rings is 1. The number of nitrogens with zero attached hydrogens (tertiary/aromatic N) is 2. The van der Waals surface area contributed by atoms with Crippen molar-refractivity contribution in [2.45, 2.75) is 69.6 Å². The predicted molar refractivity (Wildman–Crippen MR) is 117 cm³/mol. The normalized spacial score (nSPS) is 24.5. The molecule has 0 aromatic carbocycles. The first-order valence-corrected chi connectivity index (χ1v) is 11.6. The monoisotopic (exact) mass is 432 g/mol. The number of nitrogens with one attached hydrogen (secondary N) is 2. The van der Waals surface area contributed by atoms with E-state index in [4.69, 9.17) is 4.74 Å². The van der Waals surface area contributed by atoms with E-state index in [1.54, 1.807) is 18.5 Å². The average Bonchev–Trinajstić information content (AvgIpc) is 2.80. The number of piperidine rings is 1. The van der Waals surface area contributed by atoms with Crippen molar-refractivity contribution in [2.24, 2.45) is 0 Å². The standard InChI is InChI=1S/C23H36N4O4/c28-17-21-20(26-23(30)15-18-5-4-10-24-16-18)7-6-19(31-21)8-11-25-22(29)9-14-27-12-2-1-3-13-27/h4-5,10,16,19-21,28H,1-3,6-9,11-15,17H2,(H,25,29)(H,26,30)/t19-,20-,21+/m1/s1. The van der Waals surface area contributed by atoms with Gasteiger partial charge >= 0.3 is 0 Å². The second kappa shape index (κ2) is 12.7. The van der Waals surface area contributed by atoms with Crippen LogP contribution in [0.4, 0.5) is 0 Å². The fourth-order valence-corrected chi connectivity index (χ4v) is 4.36. The lowest BCUT2D eigenvalue weighted by Crippen LogP contribution is -2.51. The molecule has 0 saturated carbocycles. The number of rotatable bonds is 10. The van der Waals surface area contributed by atoms with Crippen LogP contribution in [0, 0.1) is 0 Å². The Morgan fingerprint density at radius 3 is 2.77 bits per heavy atom. The van der Waals surface area contributed by atoms with Gasteiger partial charge in [0.1, 0.15) is 6.10 Å². The van der Waals surface area contributed by atoms with Crippen LogP contribution < -0.4 is 10.6 Å². The van der Waals surface area contributed by atoms with Crippen molar-refractivity contribution in [1.29, 1.82) is 0 Å². The number of aliphatic hydroxyl groups excluding tert-OH is 1. The van der Waals surface area contributed by atoms with Gasteiger partial charge < -0.3 is 25.4 Å². The van der Waals surface area contributed by atoms with E-state index in [1.165, 1.54) is 19.3 Å². The van der Waals surface area contributed by atoms with Gasteiger partial charge in [0.25, 0.3) is 0 Å². The van der Waals surface area contributed by atoms with Gasteiger partial charge in [-0.15, -0.1) is 0 Å². The van der Waals surface area contributed by atoms with Crippen LogP contribution in [0.5, 0.6) is 0 Å². The number of carbonyl (C=O) groups is 2. The van der Waals surface area contributed by atoms with E-state index in [0.717, 1.165) is 38.0 Å². The summed E-state index contributed by atoms with van der Waals surface area (Å²) in [6.45, 7) is 3.46. The third-order valence-corrected chi connectivity index (χ3v) is 6.12. The third kappa shape index (κ3) is 8.20. The van der Waals surface area contributed by atoms with Crippen molar-refractivity contribution in [3.63, 3.8) is 0 Å². The first-order chi connectivity index (χ1) is 15.1. The number of aromatic nitrogens is 1. The lowest BCUT2D eigenvalue weighted by atomic mass is 9.96. The van der Waals surface area contributed by atoms with E-state index >= 15 is 0 Å². The average molecular weight is 433 g/mol. The minimum Gasteiger partial charge on any atom is -0.394 e. The second-order valence-corrected chi connectivity index (χ2v) is 8.56. The van der Waals surface area contributed by atoms with Gasteiger partial charge in [-0.25, -0.2) is 0 Å². The molecule has 2 amide bonds. The summed E-state index contributed by atoms with van der Waals surface area (Å²) in [5.74, 6) is -0.0138. The summed E-state index contributed by atoms with van der Waals surface area (Å²) in [4.78, 5) is 30.8. The van der Waals surface area contributed by atoms with Crippen LogP contribution in [0.25, 0.3) is 0 Å². The lowest BCUT2D eigenvalue weighted by Gasteiger charge is -2.36. The van der Waals surface area contributed by atoms with E-state index < -0.39 is 6.10 Å². The van der Waals surface area contributed by atoms with Crippen molar-refractivity contribution in [3.05, 3.63) is 30.1 Å². The van der Waals surface area contributed by atoms with Crippen molar-refractivity contribution in [1.82, 2.24) is 20.5 Å². The summed E-state index contributed by atoms with van der Waals surface area (Å²) in [5, 5.41) is 15.7. The van der Waals surface area contributed by atoms with Crippen LogP contribution >= 0.6 is 0 Å². The van der Waals surface area contributed by atoms with Gasteiger partial charge in [0.15, 0.2) is 0 Å². The second-order valence-electron chi connectivity index (χ2n) is 8.56. The van der Waals surface area contributed by atoms with E-state index in [1.807, 2.05) is 6.07 Å². The molecule has 0 radical (unpaired) electrons. The highest BCUT2D eigenvalue weighted by Gasteiger charge is 2.31. The Bertz CT molecular complexity index is 681. The molecule has 0 aliphatic carbocycles. The molecule has 2 aliphatic rings. The van der Waals surface area contributed by atoms with Crippen LogP contribution in [0.2, 0.25) is 0 Å². The van der Waals surface area contributed by atoms with Crippen LogP contribution in [-0.4, -0.2) is 77.8 Å². The van der Waals surface area contributed by atoms with Crippen molar-refractivity contribution < 1.29 is 19.4 Å². The van der Waals surface area contributed by atoms with Crippen LogP contribution in [0.3, 0.4) is 0 Å². The van der Waals surface area contributed by atoms with E-state index in [9.17, 15) is 14.7 Å².